The van der Waals surface area contributed by atoms with Crippen molar-refractivity contribution in [1.82, 2.24) is 4.98 Å². The molecule has 2 aromatic carbocycles. The molecule has 114 valence electrons. The van der Waals surface area contributed by atoms with Crippen molar-refractivity contribution < 1.29 is 9.53 Å². The van der Waals surface area contributed by atoms with Crippen molar-refractivity contribution in [3.8, 4) is 17.0 Å². The maximum absolute atomic E-state index is 12.4. The fraction of sp³-hybridized carbons (Fsp3) is 0.111. The third-order valence-electron chi connectivity index (χ3n) is 3.89. The van der Waals surface area contributed by atoms with E-state index in [1.807, 2.05) is 24.3 Å². The van der Waals surface area contributed by atoms with Gasteiger partial charge in [-0.2, -0.15) is 0 Å². The molecule has 0 fully saturated rings. The summed E-state index contributed by atoms with van der Waals surface area (Å²) < 4.78 is 5.23. The predicted octanol–water partition coefficient (Wildman–Crippen LogP) is 3.98. The standard InChI is InChI=1S/C18H14N2O2S/c1-22-14-9-5-4-8-13(14)17(21)20-18-19-16-12-7-3-2-6-11(12)10-15(16)23-18/h2-9H,10H2,1H3,(H,19,20,21). The molecule has 1 heterocycles. The van der Waals surface area contributed by atoms with Gasteiger partial charge in [-0.25, -0.2) is 4.98 Å². The molecule has 0 atom stereocenters. The average molecular weight is 322 g/mol. The Morgan fingerprint density at radius 1 is 1.17 bits per heavy atom. The van der Waals surface area contributed by atoms with E-state index in [2.05, 4.69) is 22.4 Å². The van der Waals surface area contributed by atoms with Gasteiger partial charge in [0, 0.05) is 16.9 Å². The molecule has 0 spiro atoms. The third-order valence-corrected chi connectivity index (χ3v) is 4.86. The summed E-state index contributed by atoms with van der Waals surface area (Å²) in [6, 6.07) is 15.4. The average Bonchev–Trinajstić information content (AvgIpc) is 3.11. The molecule has 0 radical (unpaired) electrons. The Bertz CT molecular complexity index is 902. The number of fused-ring (bicyclic) bond motifs is 3. The van der Waals surface area contributed by atoms with Crippen molar-refractivity contribution in [2.24, 2.45) is 0 Å². The van der Waals surface area contributed by atoms with Crippen LogP contribution in [0.1, 0.15) is 20.8 Å². The molecule has 0 saturated heterocycles. The molecule has 5 heteroatoms. The topological polar surface area (TPSA) is 51.2 Å². The number of benzene rings is 2. The Kier molecular flexibility index (Phi) is 3.35. The molecule has 0 bridgehead atoms. The van der Waals surface area contributed by atoms with Gasteiger partial charge in [0.2, 0.25) is 0 Å². The molecule has 1 aliphatic carbocycles. The molecule has 3 aromatic rings. The van der Waals surface area contributed by atoms with Gasteiger partial charge >= 0.3 is 0 Å². The highest BCUT2D eigenvalue weighted by Crippen LogP contribution is 2.40. The van der Waals surface area contributed by atoms with E-state index in [4.69, 9.17) is 4.74 Å². The van der Waals surface area contributed by atoms with E-state index in [0.29, 0.717) is 16.4 Å². The number of anilines is 1. The lowest BCUT2D eigenvalue weighted by Crippen LogP contribution is -2.12. The molecule has 0 saturated carbocycles. The van der Waals surface area contributed by atoms with E-state index >= 15 is 0 Å². The maximum atomic E-state index is 12.4. The molecule has 1 aliphatic rings. The first-order chi connectivity index (χ1) is 11.3. The van der Waals surface area contributed by atoms with Gasteiger partial charge in [0.25, 0.3) is 5.91 Å². The van der Waals surface area contributed by atoms with Gasteiger partial charge in [-0.1, -0.05) is 36.4 Å². The molecule has 4 rings (SSSR count). The van der Waals surface area contributed by atoms with Crippen LogP contribution >= 0.6 is 11.3 Å². The summed E-state index contributed by atoms with van der Waals surface area (Å²) >= 11 is 1.53. The van der Waals surface area contributed by atoms with Gasteiger partial charge in [-0.05, 0) is 17.7 Å². The first-order valence-corrected chi connectivity index (χ1v) is 8.10. The van der Waals surface area contributed by atoms with Crippen LogP contribution < -0.4 is 10.1 Å². The molecule has 1 N–H and O–H groups in total. The maximum Gasteiger partial charge on any atom is 0.261 e. The number of hydrogen-bond donors (Lipinski definition) is 1. The minimum absolute atomic E-state index is 0.205. The smallest absolute Gasteiger partial charge is 0.261 e. The first-order valence-electron chi connectivity index (χ1n) is 7.28. The summed E-state index contributed by atoms with van der Waals surface area (Å²) in [4.78, 5) is 18.2. The normalized spacial score (nSPS) is 11.7. The number of para-hydroxylation sites is 1. The minimum Gasteiger partial charge on any atom is -0.496 e. The monoisotopic (exact) mass is 322 g/mol. The van der Waals surface area contributed by atoms with Crippen LogP contribution in [0.25, 0.3) is 11.3 Å². The molecular weight excluding hydrogens is 308 g/mol. The Hall–Kier alpha value is -2.66. The molecule has 0 aliphatic heterocycles. The van der Waals surface area contributed by atoms with Gasteiger partial charge in [-0.3, -0.25) is 10.1 Å². The predicted molar refractivity (Wildman–Crippen MR) is 91.3 cm³/mol. The zero-order valence-electron chi connectivity index (χ0n) is 12.5. The number of carbonyl (C=O) groups is 1. The Morgan fingerprint density at radius 3 is 2.83 bits per heavy atom. The number of methoxy groups -OCH3 is 1. The Morgan fingerprint density at radius 2 is 1.96 bits per heavy atom. The third kappa shape index (κ3) is 2.39. The highest BCUT2D eigenvalue weighted by Gasteiger charge is 2.23. The van der Waals surface area contributed by atoms with Gasteiger partial charge < -0.3 is 4.74 Å². The number of thiazole rings is 1. The van der Waals surface area contributed by atoms with E-state index in [0.717, 1.165) is 17.7 Å². The Balaban J connectivity index is 1.61. The van der Waals surface area contributed by atoms with Crippen LogP contribution in [0.2, 0.25) is 0 Å². The van der Waals surface area contributed by atoms with E-state index in [-0.39, 0.29) is 5.91 Å². The van der Waals surface area contributed by atoms with Crippen molar-refractivity contribution in [2.75, 3.05) is 12.4 Å². The number of hydrogen-bond acceptors (Lipinski definition) is 4. The van der Waals surface area contributed by atoms with Crippen molar-refractivity contribution in [2.45, 2.75) is 6.42 Å². The van der Waals surface area contributed by atoms with Gasteiger partial charge in [0.05, 0.1) is 18.4 Å². The summed E-state index contributed by atoms with van der Waals surface area (Å²) in [7, 11) is 1.56. The largest absolute Gasteiger partial charge is 0.496 e. The van der Waals surface area contributed by atoms with E-state index in [1.165, 1.54) is 21.8 Å². The number of rotatable bonds is 3. The fourth-order valence-electron chi connectivity index (χ4n) is 2.81. The summed E-state index contributed by atoms with van der Waals surface area (Å²) in [5, 5.41) is 3.51. The van der Waals surface area contributed by atoms with E-state index in [1.54, 1.807) is 19.2 Å². The summed E-state index contributed by atoms with van der Waals surface area (Å²) in [5.41, 5.74) is 3.95. The zero-order valence-corrected chi connectivity index (χ0v) is 13.3. The minimum atomic E-state index is -0.205. The highest BCUT2D eigenvalue weighted by molar-refractivity contribution is 7.16. The lowest BCUT2D eigenvalue weighted by atomic mass is 10.1. The number of aromatic nitrogens is 1. The van der Waals surface area contributed by atoms with Crippen LogP contribution in [0.4, 0.5) is 5.13 Å². The number of amides is 1. The van der Waals surface area contributed by atoms with Gasteiger partial charge in [0.15, 0.2) is 5.13 Å². The lowest BCUT2D eigenvalue weighted by molar-refractivity contribution is 0.102. The van der Waals surface area contributed by atoms with Crippen LogP contribution in [-0.2, 0) is 6.42 Å². The van der Waals surface area contributed by atoms with Gasteiger partial charge in [0.1, 0.15) is 5.75 Å². The second-order valence-corrected chi connectivity index (χ2v) is 6.36. The van der Waals surface area contributed by atoms with Gasteiger partial charge in [-0.15, -0.1) is 11.3 Å². The summed E-state index contributed by atoms with van der Waals surface area (Å²) in [6.45, 7) is 0. The Labute approximate surface area is 137 Å². The summed E-state index contributed by atoms with van der Waals surface area (Å²) in [5.74, 6) is 0.350. The van der Waals surface area contributed by atoms with Crippen LogP contribution in [0.15, 0.2) is 48.5 Å². The highest BCUT2D eigenvalue weighted by atomic mass is 32.1. The van der Waals surface area contributed by atoms with E-state index < -0.39 is 0 Å². The number of nitrogens with zero attached hydrogens (tertiary/aromatic N) is 1. The fourth-order valence-corrected chi connectivity index (χ4v) is 3.80. The molecule has 23 heavy (non-hydrogen) atoms. The molecular formula is C18H14N2O2S. The number of ether oxygens (including phenoxy) is 1. The molecule has 1 amide bonds. The number of nitrogens with one attached hydrogen (secondary N) is 1. The van der Waals surface area contributed by atoms with Crippen LogP contribution in [0, 0.1) is 0 Å². The SMILES string of the molecule is COc1ccccc1C(=O)Nc1nc2c(s1)Cc1ccccc1-2. The van der Waals surface area contributed by atoms with Crippen LogP contribution in [0.5, 0.6) is 5.75 Å². The second-order valence-electron chi connectivity index (χ2n) is 5.28. The van der Waals surface area contributed by atoms with Crippen molar-refractivity contribution in [3.05, 3.63) is 64.5 Å². The number of carbonyl (C=O) groups excluding carboxylic acids is 1. The first kappa shape index (κ1) is 14.0. The van der Waals surface area contributed by atoms with Crippen LogP contribution in [-0.4, -0.2) is 18.0 Å². The quantitative estimate of drug-likeness (QED) is 0.621. The summed E-state index contributed by atoms with van der Waals surface area (Å²) in [6.07, 6.45) is 0.883. The molecule has 4 nitrogen and oxygen atoms in total. The van der Waals surface area contributed by atoms with Crippen LogP contribution in [0.3, 0.4) is 0 Å². The van der Waals surface area contributed by atoms with Crippen molar-refractivity contribution >= 4 is 22.4 Å². The van der Waals surface area contributed by atoms with E-state index in [9.17, 15) is 4.79 Å². The van der Waals surface area contributed by atoms with Crippen molar-refractivity contribution in [1.29, 1.82) is 0 Å². The molecule has 1 aromatic heterocycles. The second kappa shape index (κ2) is 5.52. The van der Waals surface area contributed by atoms with Crippen molar-refractivity contribution in [3.63, 3.8) is 0 Å². The lowest BCUT2D eigenvalue weighted by Gasteiger charge is -2.07. The molecule has 0 unspecified atom stereocenters. The zero-order chi connectivity index (χ0) is 15.8.